The van der Waals surface area contributed by atoms with Crippen LogP contribution >= 0.6 is 0 Å². The van der Waals surface area contributed by atoms with Crippen molar-refractivity contribution in [2.45, 2.75) is 52.1 Å². The Morgan fingerprint density at radius 1 is 1.00 bits per heavy atom. The van der Waals surface area contributed by atoms with Gasteiger partial charge in [0, 0.05) is 13.1 Å². The molecule has 0 amide bonds. The lowest BCUT2D eigenvalue weighted by molar-refractivity contribution is 0.331. The zero-order chi connectivity index (χ0) is 13.3. The second kappa shape index (κ2) is 8.34. The van der Waals surface area contributed by atoms with Crippen molar-refractivity contribution in [1.29, 1.82) is 0 Å². The summed E-state index contributed by atoms with van der Waals surface area (Å²) in [5.41, 5.74) is 2.86. The van der Waals surface area contributed by atoms with Gasteiger partial charge in [-0.05, 0) is 50.0 Å². The van der Waals surface area contributed by atoms with E-state index < -0.39 is 0 Å². The largest absolute Gasteiger partial charge is 0.313 e. The molecule has 1 aliphatic heterocycles. The molecule has 1 saturated heterocycles. The van der Waals surface area contributed by atoms with E-state index in [1.54, 1.807) is 0 Å². The van der Waals surface area contributed by atoms with Crippen LogP contribution in [0.3, 0.4) is 0 Å². The lowest BCUT2D eigenvalue weighted by atomic mass is 10.1. The molecule has 0 saturated carbocycles. The van der Waals surface area contributed by atoms with E-state index >= 15 is 0 Å². The molecule has 0 atom stereocenters. The fraction of sp³-hybridized carbons (Fsp3) is 0.647. The molecule has 1 fully saturated rings. The zero-order valence-corrected chi connectivity index (χ0v) is 12.3. The van der Waals surface area contributed by atoms with Crippen LogP contribution in [-0.2, 0) is 13.1 Å². The number of rotatable bonds is 8. The second-order valence-corrected chi connectivity index (χ2v) is 5.68. The van der Waals surface area contributed by atoms with E-state index in [1.807, 2.05) is 0 Å². The van der Waals surface area contributed by atoms with Crippen LogP contribution in [0.15, 0.2) is 24.3 Å². The van der Waals surface area contributed by atoms with Gasteiger partial charge in [0.1, 0.15) is 0 Å². The van der Waals surface area contributed by atoms with Gasteiger partial charge in [0.25, 0.3) is 0 Å². The Labute approximate surface area is 118 Å². The van der Waals surface area contributed by atoms with Gasteiger partial charge in [-0.1, -0.05) is 44.0 Å². The van der Waals surface area contributed by atoms with Crippen LogP contribution in [0.1, 0.15) is 50.2 Å². The van der Waals surface area contributed by atoms with Crippen molar-refractivity contribution in [2.75, 3.05) is 19.6 Å². The molecule has 0 spiro atoms. The zero-order valence-electron chi connectivity index (χ0n) is 12.3. The predicted octanol–water partition coefficient (Wildman–Crippen LogP) is 3.56. The van der Waals surface area contributed by atoms with E-state index in [-0.39, 0.29) is 0 Å². The van der Waals surface area contributed by atoms with Crippen molar-refractivity contribution < 1.29 is 0 Å². The molecule has 1 heterocycles. The fourth-order valence-corrected chi connectivity index (χ4v) is 2.69. The van der Waals surface area contributed by atoms with Gasteiger partial charge in [-0.2, -0.15) is 0 Å². The summed E-state index contributed by atoms with van der Waals surface area (Å²) in [5, 5.41) is 3.52. The molecule has 19 heavy (non-hydrogen) atoms. The summed E-state index contributed by atoms with van der Waals surface area (Å²) in [6, 6.07) is 9.14. The first-order valence-corrected chi connectivity index (χ1v) is 7.89. The van der Waals surface area contributed by atoms with Crippen molar-refractivity contribution in [3.63, 3.8) is 0 Å². The molecule has 0 aromatic heterocycles. The molecule has 1 N–H and O–H groups in total. The maximum Gasteiger partial charge on any atom is 0.0233 e. The summed E-state index contributed by atoms with van der Waals surface area (Å²) in [4.78, 5) is 2.55. The highest BCUT2D eigenvalue weighted by molar-refractivity contribution is 5.22. The Kier molecular flexibility index (Phi) is 6.38. The molecule has 1 aliphatic rings. The van der Waals surface area contributed by atoms with E-state index in [4.69, 9.17) is 0 Å². The van der Waals surface area contributed by atoms with Crippen LogP contribution in [0.2, 0.25) is 0 Å². The average Bonchev–Trinajstić information content (AvgIpc) is 2.93. The number of likely N-dealkylation sites (tertiary alicyclic amines) is 1. The first kappa shape index (κ1) is 14.5. The second-order valence-electron chi connectivity index (χ2n) is 5.68. The number of hydrogen-bond donors (Lipinski definition) is 1. The molecule has 0 radical (unpaired) electrons. The smallest absolute Gasteiger partial charge is 0.0233 e. The summed E-state index contributed by atoms with van der Waals surface area (Å²) in [7, 11) is 0. The van der Waals surface area contributed by atoms with Crippen molar-refractivity contribution in [2.24, 2.45) is 0 Å². The monoisotopic (exact) mass is 260 g/mol. The number of nitrogens with zero attached hydrogens (tertiary/aromatic N) is 1. The van der Waals surface area contributed by atoms with Gasteiger partial charge in [0.15, 0.2) is 0 Å². The van der Waals surface area contributed by atoms with E-state index in [1.165, 1.54) is 56.3 Å². The Morgan fingerprint density at radius 3 is 2.37 bits per heavy atom. The molecule has 2 heteroatoms. The molecule has 0 unspecified atom stereocenters. The molecule has 2 rings (SSSR count). The lowest BCUT2D eigenvalue weighted by Gasteiger charge is -2.14. The van der Waals surface area contributed by atoms with E-state index in [0.29, 0.717) is 0 Å². The molecule has 0 aliphatic carbocycles. The van der Waals surface area contributed by atoms with E-state index in [9.17, 15) is 0 Å². The van der Waals surface area contributed by atoms with Crippen LogP contribution in [0.4, 0.5) is 0 Å². The highest BCUT2D eigenvalue weighted by Crippen LogP contribution is 2.13. The van der Waals surface area contributed by atoms with Crippen molar-refractivity contribution in [3.05, 3.63) is 35.4 Å². The van der Waals surface area contributed by atoms with Crippen molar-refractivity contribution >= 4 is 0 Å². The first-order valence-electron chi connectivity index (χ1n) is 7.89. The van der Waals surface area contributed by atoms with Gasteiger partial charge in [-0.15, -0.1) is 0 Å². The van der Waals surface area contributed by atoms with E-state index in [0.717, 1.165) is 19.6 Å². The average molecular weight is 260 g/mol. The van der Waals surface area contributed by atoms with Gasteiger partial charge in [-0.3, -0.25) is 4.90 Å². The Bertz CT molecular complexity index is 339. The SMILES string of the molecule is CCCCCNCc1ccc(CN2CCCC2)cc1. The lowest BCUT2D eigenvalue weighted by Crippen LogP contribution is -2.18. The predicted molar refractivity (Wildman–Crippen MR) is 82.2 cm³/mol. The number of benzene rings is 1. The Balaban J connectivity index is 1.68. The van der Waals surface area contributed by atoms with Crippen molar-refractivity contribution in [3.8, 4) is 0 Å². The molecule has 1 aromatic carbocycles. The van der Waals surface area contributed by atoms with Gasteiger partial charge in [0.2, 0.25) is 0 Å². The Hall–Kier alpha value is -0.860. The highest BCUT2D eigenvalue weighted by Gasteiger charge is 2.11. The molecule has 1 aromatic rings. The summed E-state index contributed by atoms with van der Waals surface area (Å²) < 4.78 is 0. The van der Waals surface area contributed by atoms with Crippen LogP contribution in [0.25, 0.3) is 0 Å². The quantitative estimate of drug-likeness (QED) is 0.719. The Morgan fingerprint density at radius 2 is 1.68 bits per heavy atom. The van der Waals surface area contributed by atoms with Crippen molar-refractivity contribution in [1.82, 2.24) is 10.2 Å². The van der Waals surface area contributed by atoms with Crippen LogP contribution in [0.5, 0.6) is 0 Å². The standard InChI is InChI=1S/C17H28N2/c1-2-3-4-11-18-14-16-7-9-17(10-8-16)15-19-12-5-6-13-19/h7-10,18H,2-6,11-15H2,1H3. The summed E-state index contributed by atoms with van der Waals surface area (Å²) >= 11 is 0. The van der Waals surface area contributed by atoms with E-state index in [2.05, 4.69) is 41.4 Å². The third kappa shape index (κ3) is 5.33. The van der Waals surface area contributed by atoms with Gasteiger partial charge < -0.3 is 5.32 Å². The summed E-state index contributed by atoms with van der Waals surface area (Å²) in [6.07, 6.45) is 6.68. The van der Waals surface area contributed by atoms with Gasteiger partial charge in [-0.25, -0.2) is 0 Å². The fourth-order valence-electron chi connectivity index (χ4n) is 2.69. The molecular formula is C17H28N2. The third-order valence-corrected chi connectivity index (χ3v) is 3.91. The maximum atomic E-state index is 3.52. The molecule has 0 bridgehead atoms. The number of hydrogen-bond acceptors (Lipinski definition) is 2. The maximum absolute atomic E-state index is 3.52. The summed E-state index contributed by atoms with van der Waals surface area (Å²) in [5.74, 6) is 0. The normalized spacial score (nSPS) is 16.1. The minimum atomic E-state index is 1.01. The molecule has 2 nitrogen and oxygen atoms in total. The number of nitrogens with one attached hydrogen (secondary N) is 1. The van der Waals surface area contributed by atoms with Crippen LogP contribution in [0, 0.1) is 0 Å². The first-order chi connectivity index (χ1) is 9.38. The molecule has 106 valence electrons. The molecular weight excluding hydrogens is 232 g/mol. The van der Waals surface area contributed by atoms with Gasteiger partial charge in [0.05, 0.1) is 0 Å². The topological polar surface area (TPSA) is 15.3 Å². The minimum Gasteiger partial charge on any atom is -0.313 e. The van der Waals surface area contributed by atoms with Crippen LogP contribution < -0.4 is 5.32 Å². The highest BCUT2D eigenvalue weighted by atomic mass is 15.1. The summed E-state index contributed by atoms with van der Waals surface area (Å²) in [6.45, 7) is 8.09. The number of unbranched alkanes of at least 4 members (excludes halogenated alkanes) is 2. The third-order valence-electron chi connectivity index (χ3n) is 3.91. The minimum absolute atomic E-state index is 1.01. The van der Waals surface area contributed by atoms with Crippen LogP contribution in [-0.4, -0.2) is 24.5 Å². The van der Waals surface area contributed by atoms with Gasteiger partial charge >= 0.3 is 0 Å².